The molecule has 0 aliphatic carbocycles. The Labute approximate surface area is 177 Å². The molecule has 1 atom stereocenters. The van der Waals surface area contributed by atoms with Crippen molar-refractivity contribution < 1.29 is 12.8 Å². The summed E-state index contributed by atoms with van der Waals surface area (Å²) in [6.07, 6.45) is 2.93. The first-order valence-corrected chi connectivity index (χ1v) is 10.7. The predicted octanol–water partition coefficient (Wildman–Crippen LogP) is 1.30. The van der Waals surface area contributed by atoms with E-state index in [2.05, 4.69) is 9.89 Å². The number of guanidine groups is 1. The van der Waals surface area contributed by atoms with E-state index < -0.39 is 10.0 Å². The van der Waals surface area contributed by atoms with Gasteiger partial charge in [0.25, 0.3) is 0 Å². The lowest BCUT2D eigenvalue weighted by molar-refractivity contribution is 0.372. The largest absolute Gasteiger partial charge is 0.370 e. The number of hydrogen-bond acceptors (Lipinski definition) is 4. The Morgan fingerprint density at radius 2 is 1.81 bits per heavy atom. The van der Waals surface area contributed by atoms with E-state index in [0.29, 0.717) is 19.0 Å². The molecule has 0 unspecified atom stereocenters. The number of aliphatic imine (C=N–C) groups is 1. The van der Waals surface area contributed by atoms with Gasteiger partial charge >= 0.3 is 0 Å². The van der Waals surface area contributed by atoms with E-state index in [1.54, 1.807) is 12.1 Å². The highest BCUT2D eigenvalue weighted by Gasteiger charge is 2.31. The molecule has 27 heavy (non-hydrogen) atoms. The molecule has 1 aromatic rings. The molecule has 2 heterocycles. The van der Waals surface area contributed by atoms with E-state index in [0.717, 1.165) is 44.7 Å². The minimum atomic E-state index is -3.19. The molecule has 2 aliphatic heterocycles. The molecule has 152 valence electrons. The van der Waals surface area contributed by atoms with Crippen molar-refractivity contribution in [2.45, 2.75) is 18.9 Å². The van der Waals surface area contributed by atoms with E-state index in [1.807, 2.05) is 4.90 Å². The van der Waals surface area contributed by atoms with Crippen LogP contribution in [0.5, 0.6) is 0 Å². The second kappa shape index (κ2) is 9.37. The maximum Gasteiger partial charge on any atom is 0.211 e. The maximum atomic E-state index is 13.0. The summed E-state index contributed by atoms with van der Waals surface area (Å²) in [5, 5.41) is 0. The van der Waals surface area contributed by atoms with E-state index in [9.17, 15) is 12.8 Å². The molecule has 2 saturated heterocycles. The highest BCUT2D eigenvalue weighted by Crippen LogP contribution is 2.21. The van der Waals surface area contributed by atoms with E-state index >= 15 is 0 Å². The molecule has 0 saturated carbocycles. The third kappa shape index (κ3) is 5.67. The van der Waals surface area contributed by atoms with Crippen LogP contribution in [0, 0.1) is 5.82 Å². The van der Waals surface area contributed by atoms with E-state index in [1.165, 1.54) is 22.7 Å². The summed E-state index contributed by atoms with van der Waals surface area (Å²) in [7, 11) is -3.19. The normalized spacial score (nSPS) is 22.0. The van der Waals surface area contributed by atoms with Gasteiger partial charge in [0, 0.05) is 44.5 Å². The molecule has 0 bridgehead atoms. The zero-order chi connectivity index (χ0) is 18.7. The van der Waals surface area contributed by atoms with Crippen LogP contribution in [-0.2, 0) is 10.0 Å². The van der Waals surface area contributed by atoms with Gasteiger partial charge in [-0.1, -0.05) is 0 Å². The number of nitrogens with zero attached hydrogens (tertiary/aromatic N) is 4. The Hall–Kier alpha value is -1.14. The summed E-state index contributed by atoms with van der Waals surface area (Å²) in [5.74, 6) is 0.225. The lowest BCUT2D eigenvalue weighted by Gasteiger charge is -2.36. The zero-order valence-electron chi connectivity index (χ0n) is 15.4. The van der Waals surface area contributed by atoms with Crippen LogP contribution < -0.4 is 10.6 Å². The van der Waals surface area contributed by atoms with Gasteiger partial charge in [-0.25, -0.2) is 12.8 Å². The van der Waals surface area contributed by atoms with Crippen molar-refractivity contribution in [1.29, 1.82) is 0 Å². The molecule has 2 aliphatic rings. The fraction of sp³-hybridized carbons (Fsp3) is 0.588. The lowest BCUT2D eigenvalue weighted by atomic mass is 10.2. The second-order valence-electron chi connectivity index (χ2n) is 6.82. The summed E-state index contributed by atoms with van der Waals surface area (Å²) in [5.41, 5.74) is 7.12. The number of nitrogens with two attached hydrogens (primary N) is 1. The molecule has 1 aromatic carbocycles. The number of sulfonamides is 1. The minimum absolute atomic E-state index is 0. The first-order chi connectivity index (χ1) is 12.3. The van der Waals surface area contributed by atoms with Crippen LogP contribution in [0.2, 0.25) is 0 Å². The average Bonchev–Trinajstić information content (AvgIpc) is 3.09. The van der Waals surface area contributed by atoms with E-state index in [-0.39, 0.29) is 35.8 Å². The van der Waals surface area contributed by atoms with Gasteiger partial charge in [-0.05, 0) is 37.1 Å². The number of hydrogen-bond donors (Lipinski definition) is 1. The topological polar surface area (TPSA) is 82.2 Å². The summed E-state index contributed by atoms with van der Waals surface area (Å²) in [4.78, 5) is 8.65. The summed E-state index contributed by atoms with van der Waals surface area (Å²) in [6, 6.07) is 6.40. The second-order valence-corrected chi connectivity index (χ2v) is 8.75. The maximum absolute atomic E-state index is 13.0. The van der Waals surface area contributed by atoms with Gasteiger partial charge < -0.3 is 15.5 Å². The molecular formula is C17H27FIN5O2S. The van der Waals surface area contributed by atoms with Gasteiger partial charge in [-0.15, -0.1) is 24.0 Å². The number of halogens is 2. The summed E-state index contributed by atoms with van der Waals surface area (Å²) < 4.78 is 38.1. The van der Waals surface area contributed by atoms with Gasteiger partial charge in [0.15, 0.2) is 5.96 Å². The smallest absolute Gasteiger partial charge is 0.211 e. The van der Waals surface area contributed by atoms with Crippen molar-refractivity contribution in [3.05, 3.63) is 30.1 Å². The summed E-state index contributed by atoms with van der Waals surface area (Å²) in [6.45, 7) is 3.98. The van der Waals surface area contributed by atoms with Crippen molar-refractivity contribution in [2.24, 2.45) is 10.7 Å². The Morgan fingerprint density at radius 3 is 2.41 bits per heavy atom. The number of anilines is 1. The van der Waals surface area contributed by atoms with Crippen molar-refractivity contribution in [3.8, 4) is 0 Å². The molecule has 0 amide bonds. The molecule has 2 fully saturated rings. The third-order valence-electron chi connectivity index (χ3n) is 5.01. The minimum Gasteiger partial charge on any atom is -0.370 e. The molecule has 0 spiro atoms. The Kier molecular flexibility index (Phi) is 7.69. The Balaban J connectivity index is 0.00000261. The van der Waals surface area contributed by atoms with Crippen molar-refractivity contribution in [2.75, 3.05) is 50.4 Å². The number of benzene rings is 1. The van der Waals surface area contributed by atoms with Crippen molar-refractivity contribution >= 4 is 45.6 Å². The van der Waals surface area contributed by atoms with Crippen LogP contribution in [0.15, 0.2) is 29.3 Å². The predicted molar refractivity (Wildman–Crippen MR) is 117 cm³/mol. The van der Waals surface area contributed by atoms with Crippen LogP contribution >= 0.6 is 24.0 Å². The number of rotatable bonds is 4. The Bertz CT molecular complexity index is 751. The van der Waals surface area contributed by atoms with Gasteiger partial charge in [0.2, 0.25) is 10.0 Å². The fourth-order valence-corrected chi connectivity index (χ4v) is 4.75. The monoisotopic (exact) mass is 511 g/mol. The van der Waals surface area contributed by atoms with E-state index in [4.69, 9.17) is 5.73 Å². The molecular weight excluding hydrogens is 484 g/mol. The first kappa shape index (κ1) is 22.2. The third-order valence-corrected chi connectivity index (χ3v) is 6.34. The van der Waals surface area contributed by atoms with Crippen LogP contribution in [-0.4, -0.2) is 75.1 Å². The molecule has 3 rings (SSSR count). The fourth-order valence-electron chi connectivity index (χ4n) is 3.57. The molecule has 10 heteroatoms. The lowest BCUT2D eigenvalue weighted by Crippen LogP contribution is -2.51. The standard InChI is InChI=1S/C17H26FN5O2S.HI/c1-26(24,25)23-8-2-3-16(23)13-20-17(19)22-11-9-21(10-12-22)15-6-4-14(18)5-7-15;/h4-7,16H,2-3,8-13H2,1H3,(H2,19,20);1H/t16-;/m1./s1. The molecule has 0 radical (unpaired) electrons. The van der Waals surface area contributed by atoms with Crippen molar-refractivity contribution in [1.82, 2.24) is 9.21 Å². The SMILES string of the molecule is CS(=O)(=O)N1CCC[C@@H]1CN=C(N)N1CCN(c2ccc(F)cc2)CC1.I. The highest BCUT2D eigenvalue weighted by molar-refractivity contribution is 14.0. The molecule has 2 N–H and O–H groups in total. The average molecular weight is 511 g/mol. The molecule has 0 aromatic heterocycles. The van der Waals surface area contributed by atoms with Crippen LogP contribution in [0.3, 0.4) is 0 Å². The zero-order valence-corrected chi connectivity index (χ0v) is 18.6. The van der Waals surface area contributed by atoms with Gasteiger partial charge in [0.05, 0.1) is 12.8 Å². The van der Waals surface area contributed by atoms with Gasteiger partial charge in [-0.2, -0.15) is 4.31 Å². The number of piperazine rings is 1. The van der Waals surface area contributed by atoms with Crippen LogP contribution in [0.4, 0.5) is 10.1 Å². The van der Waals surface area contributed by atoms with Crippen molar-refractivity contribution in [3.63, 3.8) is 0 Å². The van der Waals surface area contributed by atoms with Crippen LogP contribution in [0.25, 0.3) is 0 Å². The van der Waals surface area contributed by atoms with Gasteiger partial charge in [0.1, 0.15) is 5.82 Å². The Morgan fingerprint density at radius 1 is 1.19 bits per heavy atom. The quantitative estimate of drug-likeness (QED) is 0.375. The first-order valence-electron chi connectivity index (χ1n) is 8.87. The van der Waals surface area contributed by atoms with Gasteiger partial charge in [-0.3, -0.25) is 4.99 Å². The summed E-state index contributed by atoms with van der Waals surface area (Å²) >= 11 is 0. The highest BCUT2D eigenvalue weighted by atomic mass is 127. The van der Waals surface area contributed by atoms with Crippen LogP contribution in [0.1, 0.15) is 12.8 Å². The molecule has 7 nitrogen and oxygen atoms in total.